The van der Waals surface area contributed by atoms with Crippen LogP contribution in [0.3, 0.4) is 0 Å². The van der Waals surface area contributed by atoms with E-state index in [0.29, 0.717) is 32.7 Å². The van der Waals surface area contributed by atoms with E-state index in [-0.39, 0.29) is 12.5 Å². The number of nitrogens with zero attached hydrogens (tertiary/aromatic N) is 5. The van der Waals surface area contributed by atoms with Gasteiger partial charge in [-0.3, -0.25) is 4.98 Å². The number of aromatic amines is 1. The molecule has 4 rings (SSSR count). The number of hydrogen-bond donors (Lipinski definition) is 2. The van der Waals surface area contributed by atoms with Crippen LogP contribution in [0.15, 0.2) is 49.2 Å². The van der Waals surface area contributed by atoms with Crippen molar-refractivity contribution in [3.63, 3.8) is 0 Å². The topological polar surface area (TPSA) is 117 Å². The fourth-order valence-corrected chi connectivity index (χ4v) is 3.58. The quantitative estimate of drug-likeness (QED) is 0.350. The highest BCUT2D eigenvalue weighted by atomic mass is 35.5. The van der Waals surface area contributed by atoms with Crippen LogP contribution in [0, 0.1) is 0 Å². The van der Waals surface area contributed by atoms with Crippen molar-refractivity contribution in [2.24, 2.45) is 0 Å². The number of rotatable bonds is 5. The van der Waals surface area contributed by atoms with Gasteiger partial charge in [0.05, 0.1) is 11.6 Å². The molecule has 4 aromatic rings. The summed E-state index contributed by atoms with van der Waals surface area (Å²) in [5, 5.41) is 11.9. The van der Waals surface area contributed by atoms with Gasteiger partial charge in [-0.05, 0) is 38.5 Å². The summed E-state index contributed by atoms with van der Waals surface area (Å²) in [6.07, 6.45) is 0.251. The number of halogens is 4. The summed E-state index contributed by atoms with van der Waals surface area (Å²) in [5.41, 5.74) is -0.240. The number of aliphatic hydroxyl groups excluding tert-OH is 1. The molecule has 194 valence electrons. The Kier molecular flexibility index (Phi) is 7.07. The first kappa shape index (κ1) is 26.3. The van der Waals surface area contributed by atoms with Gasteiger partial charge in [0.1, 0.15) is 23.0 Å². The third kappa shape index (κ3) is 6.15. The van der Waals surface area contributed by atoms with Gasteiger partial charge in [-0.25, -0.2) is 24.6 Å². The Morgan fingerprint density at radius 3 is 2.41 bits per heavy atom. The smallest absolute Gasteiger partial charge is 0.433 e. The summed E-state index contributed by atoms with van der Waals surface area (Å²) < 4.78 is 44.1. The van der Waals surface area contributed by atoms with Gasteiger partial charge in [-0.1, -0.05) is 17.7 Å². The molecule has 0 aliphatic heterocycles. The summed E-state index contributed by atoms with van der Waals surface area (Å²) in [6, 6.07) is 3.70. The van der Waals surface area contributed by atoms with Crippen LogP contribution in [0.25, 0.3) is 11.0 Å². The molecule has 0 fully saturated rings. The third-order valence-electron chi connectivity index (χ3n) is 5.11. The molecule has 0 spiro atoms. The van der Waals surface area contributed by atoms with E-state index in [1.54, 1.807) is 33.0 Å². The fourth-order valence-electron chi connectivity index (χ4n) is 3.42. The number of anilines is 1. The van der Waals surface area contributed by atoms with Crippen LogP contribution in [0.2, 0.25) is 5.02 Å². The number of carbonyl (C=O) groups is 1. The first-order valence-corrected chi connectivity index (χ1v) is 11.3. The summed E-state index contributed by atoms with van der Waals surface area (Å²) in [5.74, 6) is -0.0752. The van der Waals surface area contributed by atoms with Gasteiger partial charge in [0.2, 0.25) is 5.95 Å². The van der Waals surface area contributed by atoms with E-state index in [9.17, 15) is 23.1 Å². The van der Waals surface area contributed by atoms with Crippen molar-refractivity contribution in [3.05, 3.63) is 76.6 Å². The van der Waals surface area contributed by atoms with Gasteiger partial charge >= 0.3 is 12.3 Å². The molecule has 0 saturated carbocycles. The molecule has 1 unspecified atom stereocenters. The van der Waals surface area contributed by atoms with Gasteiger partial charge < -0.3 is 14.8 Å². The van der Waals surface area contributed by atoms with Crippen LogP contribution < -0.4 is 4.90 Å². The van der Waals surface area contributed by atoms with Crippen LogP contribution in [0.1, 0.15) is 49.3 Å². The number of nitrogens with one attached hydrogen (secondary N) is 1. The lowest BCUT2D eigenvalue weighted by atomic mass is 10.0. The Morgan fingerprint density at radius 1 is 1.11 bits per heavy atom. The molecule has 9 nitrogen and oxygen atoms in total. The highest BCUT2D eigenvalue weighted by Gasteiger charge is 2.32. The maximum absolute atomic E-state index is 12.9. The average molecular weight is 535 g/mol. The minimum absolute atomic E-state index is 0.0752. The zero-order valence-electron chi connectivity index (χ0n) is 19.9. The van der Waals surface area contributed by atoms with Crippen molar-refractivity contribution < 1.29 is 27.8 Å². The number of carbonyl (C=O) groups excluding carboxylic acids is 1. The Balaban J connectivity index is 1.62. The maximum Gasteiger partial charge on any atom is 0.433 e. The summed E-state index contributed by atoms with van der Waals surface area (Å²) in [6.45, 7) is 4.82. The van der Waals surface area contributed by atoms with Gasteiger partial charge in [-0.2, -0.15) is 13.2 Å². The summed E-state index contributed by atoms with van der Waals surface area (Å²) >= 11 is 6.03. The van der Waals surface area contributed by atoms with Crippen molar-refractivity contribution in [3.8, 4) is 0 Å². The monoisotopic (exact) mass is 534 g/mol. The Morgan fingerprint density at radius 2 is 1.81 bits per heavy atom. The van der Waals surface area contributed by atoms with Crippen LogP contribution >= 0.6 is 11.6 Å². The second kappa shape index (κ2) is 9.94. The van der Waals surface area contributed by atoms with Crippen LogP contribution in [-0.2, 0) is 17.5 Å². The molecule has 0 aliphatic carbocycles. The second-order valence-corrected chi connectivity index (χ2v) is 9.57. The largest absolute Gasteiger partial charge is 0.443 e. The maximum atomic E-state index is 12.9. The zero-order chi connectivity index (χ0) is 27.0. The van der Waals surface area contributed by atoms with Crippen molar-refractivity contribution in [2.75, 3.05) is 4.90 Å². The molecule has 0 bridgehead atoms. The van der Waals surface area contributed by atoms with Crippen LogP contribution in [-0.4, -0.2) is 41.7 Å². The summed E-state index contributed by atoms with van der Waals surface area (Å²) in [7, 11) is 0. The van der Waals surface area contributed by atoms with Crippen LogP contribution in [0.4, 0.5) is 23.9 Å². The lowest BCUT2D eigenvalue weighted by molar-refractivity contribution is -0.141. The molecular formula is C24H22ClF3N6O3. The Labute approximate surface area is 214 Å². The number of fused-ring (bicyclic) bond motifs is 1. The number of alkyl halides is 3. The average Bonchev–Trinajstić information content (AvgIpc) is 3.24. The number of amides is 1. The number of hydrogen-bond acceptors (Lipinski definition) is 7. The number of aromatic nitrogens is 5. The molecule has 13 heteroatoms. The van der Waals surface area contributed by atoms with Crippen molar-refractivity contribution in [1.29, 1.82) is 0 Å². The van der Waals surface area contributed by atoms with E-state index in [1.807, 2.05) is 0 Å². The highest BCUT2D eigenvalue weighted by molar-refractivity contribution is 6.31. The van der Waals surface area contributed by atoms with Gasteiger partial charge in [0, 0.05) is 47.5 Å². The SMILES string of the molecule is CC(C)(C)OC(=O)N(Cc1ccc(C(F)(F)F)nc1)c1ncc(C(O)c2c[nH]c3ncc(Cl)cc23)cn1. The van der Waals surface area contributed by atoms with Crippen molar-refractivity contribution in [1.82, 2.24) is 24.9 Å². The lowest BCUT2D eigenvalue weighted by Crippen LogP contribution is -2.37. The van der Waals surface area contributed by atoms with Gasteiger partial charge in [-0.15, -0.1) is 0 Å². The minimum atomic E-state index is -4.59. The fraction of sp³-hybridized carbons (Fsp3) is 0.292. The Hall–Kier alpha value is -3.77. The standard InChI is InChI=1S/C24H22ClF3N6O3/c1-23(2,3)37-22(36)34(12-13-4-5-18(29-7-13)24(26,27)28)21-32-8-14(9-33-21)19(35)17-11-31-20-16(17)6-15(25)10-30-20/h4-11,19,35H,12H2,1-3H3,(H,30,31). The molecule has 0 saturated heterocycles. The molecule has 1 atom stereocenters. The summed E-state index contributed by atoms with van der Waals surface area (Å²) in [4.78, 5) is 33.0. The Bertz CT molecular complexity index is 1400. The molecule has 2 N–H and O–H groups in total. The lowest BCUT2D eigenvalue weighted by Gasteiger charge is -2.26. The van der Waals surface area contributed by atoms with E-state index in [2.05, 4.69) is 24.9 Å². The van der Waals surface area contributed by atoms with Crippen LogP contribution in [0.5, 0.6) is 0 Å². The molecule has 0 aromatic carbocycles. The molecule has 0 aliphatic rings. The molecule has 0 radical (unpaired) electrons. The third-order valence-corrected chi connectivity index (χ3v) is 5.32. The van der Waals surface area contributed by atoms with E-state index in [1.165, 1.54) is 24.7 Å². The molecule has 4 aromatic heterocycles. The number of ether oxygens (including phenoxy) is 1. The highest BCUT2D eigenvalue weighted by Crippen LogP contribution is 2.30. The molecular weight excluding hydrogens is 513 g/mol. The predicted molar refractivity (Wildman–Crippen MR) is 129 cm³/mol. The van der Waals surface area contributed by atoms with E-state index in [4.69, 9.17) is 16.3 Å². The van der Waals surface area contributed by atoms with Crippen molar-refractivity contribution in [2.45, 2.75) is 45.2 Å². The minimum Gasteiger partial charge on any atom is -0.443 e. The number of H-pyrrole nitrogens is 1. The van der Waals surface area contributed by atoms with Gasteiger partial charge in [0.25, 0.3) is 0 Å². The first-order valence-electron chi connectivity index (χ1n) is 11.0. The molecule has 1 amide bonds. The predicted octanol–water partition coefficient (Wildman–Crippen LogP) is 5.44. The molecule has 4 heterocycles. The van der Waals surface area contributed by atoms with E-state index in [0.717, 1.165) is 17.2 Å². The molecule has 37 heavy (non-hydrogen) atoms. The normalized spacial score (nSPS) is 13.0. The van der Waals surface area contributed by atoms with Gasteiger partial charge in [0.15, 0.2) is 0 Å². The number of pyridine rings is 2. The zero-order valence-corrected chi connectivity index (χ0v) is 20.7. The first-order chi connectivity index (χ1) is 17.3. The number of aliphatic hydroxyl groups is 1. The second-order valence-electron chi connectivity index (χ2n) is 9.13. The van der Waals surface area contributed by atoms with Crippen molar-refractivity contribution >= 4 is 34.7 Å². The van der Waals surface area contributed by atoms with E-state index >= 15 is 0 Å². The van der Waals surface area contributed by atoms with E-state index < -0.39 is 29.7 Å².